The molecule has 1 amide bonds. The number of hydrogen-bond acceptors (Lipinski definition) is 4. The molecule has 0 aliphatic carbocycles. The molecule has 1 fully saturated rings. The van der Waals surface area contributed by atoms with Crippen molar-refractivity contribution in [1.29, 1.82) is 0 Å². The molecule has 0 unspecified atom stereocenters. The molecule has 0 saturated carbocycles. The van der Waals surface area contributed by atoms with Crippen LogP contribution in [0.15, 0.2) is 54.9 Å². The van der Waals surface area contributed by atoms with E-state index in [1.165, 1.54) is 24.3 Å². The van der Waals surface area contributed by atoms with Crippen molar-refractivity contribution in [1.82, 2.24) is 19.7 Å². The highest BCUT2D eigenvalue weighted by atomic mass is 35.5. The Labute approximate surface area is 167 Å². The summed E-state index contributed by atoms with van der Waals surface area (Å²) < 4.78 is 14.8. The summed E-state index contributed by atoms with van der Waals surface area (Å²) in [4.78, 5) is 20.8. The second kappa shape index (κ2) is 7.98. The van der Waals surface area contributed by atoms with Gasteiger partial charge in [0.25, 0.3) is 5.91 Å². The summed E-state index contributed by atoms with van der Waals surface area (Å²) in [5.41, 5.74) is 1.59. The fourth-order valence-corrected chi connectivity index (χ4v) is 3.29. The van der Waals surface area contributed by atoms with E-state index in [1.54, 1.807) is 15.9 Å². The smallest absolute Gasteiger partial charge is 0.253 e. The molecule has 1 aromatic heterocycles. The van der Waals surface area contributed by atoms with Crippen molar-refractivity contribution in [2.24, 2.45) is 0 Å². The molecule has 0 spiro atoms. The van der Waals surface area contributed by atoms with Crippen LogP contribution >= 0.6 is 11.6 Å². The van der Waals surface area contributed by atoms with Gasteiger partial charge >= 0.3 is 0 Å². The van der Waals surface area contributed by atoms with E-state index in [-0.39, 0.29) is 11.7 Å². The number of hydrogen-bond donors (Lipinski definition) is 0. The zero-order valence-electron chi connectivity index (χ0n) is 15.1. The van der Waals surface area contributed by atoms with E-state index in [0.717, 1.165) is 5.56 Å². The zero-order valence-corrected chi connectivity index (χ0v) is 15.9. The number of carbonyl (C=O) groups excluding carboxylic acids is 1. The van der Waals surface area contributed by atoms with Crippen molar-refractivity contribution in [3.8, 4) is 0 Å². The molecule has 1 aliphatic heterocycles. The number of anilines is 1. The molecule has 8 heteroatoms. The average molecular weight is 400 g/mol. The number of carbonyl (C=O) groups is 1. The third-order valence-electron chi connectivity index (χ3n) is 4.72. The van der Waals surface area contributed by atoms with Crippen LogP contribution in [0.25, 0.3) is 0 Å². The number of halogens is 2. The van der Waals surface area contributed by atoms with E-state index >= 15 is 0 Å². The molecule has 0 atom stereocenters. The summed E-state index contributed by atoms with van der Waals surface area (Å²) in [6, 6.07) is 13.3. The van der Waals surface area contributed by atoms with E-state index in [0.29, 0.717) is 49.3 Å². The lowest BCUT2D eigenvalue weighted by molar-refractivity contribution is 0.0746. The Morgan fingerprint density at radius 2 is 1.68 bits per heavy atom. The lowest BCUT2D eigenvalue weighted by Gasteiger charge is -2.34. The summed E-state index contributed by atoms with van der Waals surface area (Å²) in [6.45, 7) is 3.06. The van der Waals surface area contributed by atoms with Gasteiger partial charge in [-0.05, 0) is 42.0 Å². The summed E-state index contributed by atoms with van der Waals surface area (Å²) in [7, 11) is 0. The number of amides is 1. The number of benzene rings is 2. The van der Waals surface area contributed by atoms with E-state index in [1.807, 2.05) is 24.3 Å². The van der Waals surface area contributed by atoms with E-state index < -0.39 is 0 Å². The molecular weight excluding hydrogens is 381 g/mol. The second-order valence-electron chi connectivity index (χ2n) is 6.65. The first kappa shape index (κ1) is 18.4. The molecule has 6 nitrogen and oxygen atoms in total. The average Bonchev–Trinajstić information content (AvgIpc) is 3.18. The molecule has 3 aromatic rings. The Balaban J connectivity index is 1.35. The van der Waals surface area contributed by atoms with Crippen LogP contribution in [0, 0.1) is 5.82 Å². The lowest BCUT2D eigenvalue weighted by Crippen LogP contribution is -2.49. The molecule has 1 aliphatic rings. The SMILES string of the molecule is O=C(c1ccc(F)cc1)N1CCN(c2ncn(Cc3ccc(Cl)cc3)n2)CC1. The number of rotatable bonds is 4. The Kier molecular flexibility index (Phi) is 5.25. The third-order valence-corrected chi connectivity index (χ3v) is 4.98. The van der Waals surface area contributed by atoms with Gasteiger partial charge in [-0.1, -0.05) is 23.7 Å². The van der Waals surface area contributed by atoms with Gasteiger partial charge in [-0.25, -0.2) is 14.1 Å². The van der Waals surface area contributed by atoms with Gasteiger partial charge in [0.15, 0.2) is 0 Å². The molecule has 0 N–H and O–H groups in total. The molecule has 4 rings (SSSR count). The van der Waals surface area contributed by atoms with Crippen molar-refractivity contribution >= 4 is 23.5 Å². The minimum absolute atomic E-state index is 0.0825. The van der Waals surface area contributed by atoms with Gasteiger partial charge < -0.3 is 9.80 Å². The first-order chi connectivity index (χ1) is 13.6. The first-order valence-corrected chi connectivity index (χ1v) is 9.40. The predicted octanol–water partition coefficient (Wildman–Crippen LogP) is 3.08. The van der Waals surface area contributed by atoms with Crippen molar-refractivity contribution in [2.75, 3.05) is 31.1 Å². The number of nitrogens with zero attached hydrogens (tertiary/aromatic N) is 5. The molecular formula is C20H19ClFN5O. The molecule has 144 valence electrons. The van der Waals surface area contributed by atoms with Gasteiger partial charge in [-0.3, -0.25) is 4.79 Å². The van der Waals surface area contributed by atoms with Crippen LogP contribution in [0.1, 0.15) is 15.9 Å². The maximum Gasteiger partial charge on any atom is 0.253 e. The zero-order chi connectivity index (χ0) is 19.5. The molecule has 28 heavy (non-hydrogen) atoms. The van der Waals surface area contributed by atoms with Crippen molar-refractivity contribution in [3.63, 3.8) is 0 Å². The van der Waals surface area contributed by atoms with Crippen LogP contribution in [0.3, 0.4) is 0 Å². The quantitative estimate of drug-likeness (QED) is 0.676. The highest BCUT2D eigenvalue weighted by Crippen LogP contribution is 2.15. The van der Waals surface area contributed by atoms with Crippen LogP contribution < -0.4 is 4.90 Å². The van der Waals surface area contributed by atoms with Gasteiger partial charge in [-0.15, -0.1) is 5.10 Å². The Hall–Kier alpha value is -2.93. The van der Waals surface area contributed by atoms with Crippen LogP contribution in [0.4, 0.5) is 10.3 Å². The Bertz CT molecular complexity index is 949. The van der Waals surface area contributed by atoms with E-state index in [2.05, 4.69) is 15.0 Å². The Morgan fingerprint density at radius 3 is 2.36 bits per heavy atom. The Morgan fingerprint density at radius 1 is 1.00 bits per heavy atom. The second-order valence-corrected chi connectivity index (χ2v) is 7.09. The molecule has 1 saturated heterocycles. The highest BCUT2D eigenvalue weighted by molar-refractivity contribution is 6.30. The van der Waals surface area contributed by atoms with Gasteiger partial charge in [0.2, 0.25) is 5.95 Å². The van der Waals surface area contributed by atoms with Gasteiger partial charge in [0.1, 0.15) is 12.1 Å². The monoisotopic (exact) mass is 399 g/mol. The number of piperazine rings is 1. The normalized spacial score (nSPS) is 14.4. The van der Waals surface area contributed by atoms with Gasteiger partial charge in [0, 0.05) is 36.8 Å². The van der Waals surface area contributed by atoms with Gasteiger partial charge in [0.05, 0.1) is 6.54 Å². The standard InChI is InChI=1S/C20H19ClFN5O/c21-17-5-1-15(2-6-17)13-27-14-23-20(24-27)26-11-9-25(10-12-26)19(28)16-3-7-18(22)8-4-16/h1-8,14H,9-13H2. The maximum absolute atomic E-state index is 13.0. The van der Waals surface area contributed by atoms with Crippen LogP contribution in [0.5, 0.6) is 0 Å². The maximum atomic E-state index is 13.0. The van der Waals surface area contributed by atoms with E-state index in [9.17, 15) is 9.18 Å². The minimum Gasteiger partial charge on any atom is -0.336 e. The van der Waals surface area contributed by atoms with Crippen molar-refractivity contribution in [2.45, 2.75) is 6.54 Å². The number of aromatic nitrogens is 3. The molecule has 0 radical (unpaired) electrons. The molecule has 2 heterocycles. The summed E-state index contributed by atoms with van der Waals surface area (Å²) in [5, 5.41) is 5.25. The molecule has 0 bridgehead atoms. The topological polar surface area (TPSA) is 54.3 Å². The summed E-state index contributed by atoms with van der Waals surface area (Å²) in [6.07, 6.45) is 1.71. The van der Waals surface area contributed by atoms with Crippen LogP contribution in [0.2, 0.25) is 5.02 Å². The van der Waals surface area contributed by atoms with Crippen LogP contribution in [-0.4, -0.2) is 51.8 Å². The van der Waals surface area contributed by atoms with Crippen LogP contribution in [-0.2, 0) is 6.54 Å². The first-order valence-electron chi connectivity index (χ1n) is 9.02. The largest absolute Gasteiger partial charge is 0.336 e. The predicted molar refractivity (Wildman–Crippen MR) is 105 cm³/mol. The fraction of sp³-hybridized carbons (Fsp3) is 0.250. The summed E-state index contributed by atoms with van der Waals surface area (Å²) >= 11 is 5.91. The van der Waals surface area contributed by atoms with Gasteiger partial charge in [-0.2, -0.15) is 0 Å². The fourth-order valence-electron chi connectivity index (χ4n) is 3.17. The molecule has 2 aromatic carbocycles. The summed E-state index contributed by atoms with van der Waals surface area (Å²) in [5.74, 6) is 0.227. The third kappa shape index (κ3) is 4.14. The van der Waals surface area contributed by atoms with E-state index in [4.69, 9.17) is 11.6 Å². The highest BCUT2D eigenvalue weighted by Gasteiger charge is 2.24. The van der Waals surface area contributed by atoms with Crippen molar-refractivity contribution < 1.29 is 9.18 Å². The van der Waals surface area contributed by atoms with Crippen molar-refractivity contribution in [3.05, 3.63) is 76.8 Å². The minimum atomic E-state index is -0.346. The lowest BCUT2D eigenvalue weighted by atomic mass is 10.2.